The maximum absolute atomic E-state index is 11.4. The van der Waals surface area contributed by atoms with E-state index >= 15 is 0 Å². The molecule has 1 aromatic heterocycles. The van der Waals surface area contributed by atoms with Crippen LogP contribution in [0.4, 0.5) is 0 Å². The SMILES string of the molecule is CCCn1c(C)nnc1CN1CCCC(=O)C1. The van der Waals surface area contributed by atoms with Crippen molar-refractivity contribution < 1.29 is 4.79 Å². The Morgan fingerprint density at radius 2 is 2.18 bits per heavy atom. The highest BCUT2D eigenvalue weighted by molar-refractivity contribution is 5.81. The largest absolute Gasteiger partial charge is 0.314 e. The summed E-state index contributed by atoms with van der Waals surface area (Å²) in [6.07, 6.45) is 2.78. The van der Waals surface area contributed by atoms with E-state index in [1.807, 2.05) is 6.92 Å². The van der Waals surface area contributed by atoms with Gasteiger partial charge in [0.1, 0.15) is 17.4 Å². The van der Waals surface area contributed by atoms with Crippen molar-refractivity contribution in [1.29, 1.82) is 0 Å². The van der Waals surface area contributed by atoms with Gasteiger partial charge in [-0.2, -0.15) is 0 Å². The fourth-order valence-electron chi connectivity index (χ4n) is 2.30. The van der Waals surface area contributed by atoms with E-state index in [0.29, 0.717) is 12.3 Å². The third kappa shape index (κ3) is 2.91. The lowest BCUT2D eigenvalue weighted by Gasteiger charge is -2.25. The van der Waals surface area contributed by atoms with Gasteiger partial charge in [0.2, 0.25) is 0 Å². The minimum atomic E-state index is 0.342. The first-order valence-electron chi connectivity index (χ1n) is 6.33. The summed E-state index contributed by atoms with van der Waals surface area (Å²) < 4.78 is 2.15. The molecule has 1 aliphatic rings. The Kier molecular flexibility index (Phi) is 3.89. The first kappa shape index (κ1) is 12.2. The molecule has 1 saturated heterocycles. The average molecular weight is 236 g/mol. The van der Waals surface area contributed by atoms with Gasteiger partial charge < -0.3 is 4.57 Å². The van der Waals surface area contributed by atoms with Crippen molar-refractivity contribution in [1.82, 2.24) is 19.7 Å². The van der Waals surface area contributed by atoms with Crippen molar-refractivity contribution in [2.24, 2.45) is 0 Å². The molecule has 0 radical (unpaired) electrons. The molecule has 1 aliphatic heterocycles. The molecule has 0 spiro atoms. The van der Waals surface area contributed by atoms with Crippen LogP contribution in [0.2, 0.25) is 0 Å². The zero-order valence-electron chi connectivity index (χ0n) is 10.6. The molecule has 0 amide bonds. The summed E-state index contributed by atoms with van der Waals surface area (Å²) in [4.78, 5) is 13.6. The van der Waals surface area contributed by atoms with E-state index in [4.69, 9.17) is 0 Å². The number of aryl methyl sites for hydroxylation is 1. The van der Waals surface area contributed by atoms with Crippen molar-refractivity contribution in [3.05, 3.63) is 11.6 Å². The van der Waals surface area contributed by atoms with Gasteiger partial charge in [-0.3, -0.25) is 9.69 Å². The predicted molar refractivity (Wildman–Crippen MR) is 64.6 cm³/mol. The molecule has 0 aromatic carbocycles. The van der Waals surface area contributed by atoms with Crippen molar-refractivity contribution in [2.75, 3.05) is 13.1 Å². The number of nitrogens with zero attached hydrogens (tertiary/aromatic N) is 4. The van der Waals surface area contributed by atoms with Crippen LogP contribution in [0.25, 0.3) is 0 Å². The normalized spacial score (nSPS) is 17.6. The van der Waals surface area contributed by atoms with Crippen LogP contribution in [0, 0.1) is 6.92 Å². The number of carbonyl (C=O) groups excluding carboxylic acids is 1. The summed E-state index contributed by atoms with van der Waals surface area (Å²) in [6, 6.07) is 0. The molecule has 94 valence electrons. The maximum Gasteiger partial charge on any atom is 0.147 e. The third-order valence-corrected chi connectivity index (χ3v) is 3.15. The van der Waals surface area contributed by atoms with Crippen molar-refractivity contribution in [3.8, 4) is 0 Å². The molecule has 2 heterocycles. The predicted octanol–water partition coefficient (Wildman–Crippen LogP) is 1.16. The Bertz CT molecular complexity index is 399. The standard InChI is InChI=1S/C12H20N4O/c1-3-6-16-10(2)13-14-12(16)9-15-7-4-5-11(17)8-15/h3-9H2,1-2H3. The lowest BCUT2D eigenvalue weighted by molar-refractivity contribution is -0.122. The Morgan fingerprint density at radius 1 is 1.35 bits per heavy atom. The van der Waals surface area contributed by atoms with Crippen LogP contribution in [0.15, 0.2) is 0 Å². The summed E-state index contributed by atoms with van der Waals surface area (Å²) in [6.45, 7) is 7.38. The van der Waals surface area contributed by atoms with Crippen molar-refractivity contribution in [2.45, 2.75) is 46.2 Å². The molecule has 1 fully saturated rings. The summed E-state index contributed by atoms with van der Waals surface area (Å²) in [7, 11) is 0. The summed E-state index contributed by atoms with van der Waals surface area (Å²) >= 11 is 0. The van der Waals surface area contributed by atoms with Gasteiger partial charge in [0.05, 0.1) is 13.1 Å². The van der Waals surface area contributed by atoms with Crippen molar-refractivity contribution in [3.63, 3.8) is 0 Å². The molecular formula is C12H20N4O. The van der Waals surface area contributed by atoms with Crippen LogP contribution < -0.4 is 0 Å². The van der Waals surface area contributed by atoms with Crippen LogP contribution in [0.1, 0.15) is 37.8 Å². The Balaban J connectivity index is 2.04. The van der Waals surface area contributed by atoms with Gasteiger partial charge in [0.15, 0.2) is 0 Å². The van der Waals surface area contributed by atoms with E-state index in [2.05, 4.69) is 26.6 Å². The molecule has 0 atom stereocenters. The Morgan fingerprint density at radius 3 is 2.88 bits per heavy atom. The van der Waals surface area contributed by atoms with E-state index in [1.54, 1.807) is 0 Å². The van der Waals surface area contributed by atoms with Crippen LogP contribution >= 0.6 is 0 Å². The number of carbonyl (C=O) groups is 1. The second-order valence-electron chi connectivity index (χ2n) is 4.67. The summed E-state index contributed by atoms with van der Waals surface area (Å²) in [5.41, 5.74) is 0. The topological polar surface area (TPSA) is 51.0 Å². The first-order chi connectivity index (χ1) is 8.20. The molecule has 0 bridgehead atoms. The smallest absolute Gasteiger partial charge is 0.147 e. The van der Waals surface area contributed by atoms with E-state index in [1.165, 1.54) is 0 Å². The van der Waals surface area contributed by atoms with Crippen LogP contribution in [-0.4, -0.2) is 38.5 Å². The number of aromatic nitrogens is 3. The second kappa shape index (κ2) is 5.40. The van der Waals surface area contributed by atoms with Gasteiger partial charge in [-0.15, -0.1) is 10.2 Å². The molecule has 1 aromatic rings. The van der Waals surface area contributed by atoms with E-state index in [0.717, 1.165) is 50.5 Å². The van der Waals surface area contributed by atoms with E-state index in [-0.39, 0.29) is 0 Å². The number of piperidine rings is 1. The highest BCUT2D eigenvalue weighted by Gasteiger charge is 2.19. The van der Waals surface area contributed by atoms with Crippen LogP contribution in [0.5, 0.6) is 0 Å². The first-order valence-corrected chi connectivity index (χ1v) is 6.33. The fourth-order valence-corrected chi connectivity index (χ4v) is 2.30. The summed E-state index contributed by atoms with van der Waals surface area (Å²) in [5.74, 6) is 2.29. The van der Waals surface area contributed by atoms with E-state index < -0.39 is 0 Å². The highest BCUT2D eigenvalue weighted by Crippen LogP contribution is 2.11. The van der Waals surface area contributed by atoms with Gasteiger partial charge in [0.25, 0.3) is 0 Å². The van der Waals surface area contributed by atoms with Crippen LogP contribution in [0.3, 0.4) is 0 Å². The third-order valence-electron chi connectivity index (χ3n) is 3.15. The minimum absolute atomic E-state index is 0.342. The van der Waals surface area contributed by atoms with Gasteiger partial charge in [-0.25, -0.2) is 0 Å². The minimum Gasteiger partial charge on any atom is -0.314 e. The Labute approximate surface area is 102 Å². The summed E-state index contributed by atoms with van der Waals surface area (Å²) in [5, 5.41) is 8.33. The maximum atomic E-state index is 11.4. The number of ketones is 1. The fraction of sp³-hybridized carbons (Fsp3) is 0.750. The van der Waals surface area contributed by atoms with Gasteiger partial charge in [0, 0.05) is 13.0 Å². The van der Waals surface area contributed by atoms with Gasteiger partial charge in [-0.05, 0) is 26.3 Å². The molecule has 0 N–H and O–H groups in total. The molecule has 17 heavy (non-hydrogen) atoms. The van der Waals surface area contributed by atoms with Crippen molar-refractivity contribution >= 4 is 5.78 Å². The quantitative estimate of drug-likeness (QED) is 0.787. The lowest BCUT2D eigenvalue weighted by atomic mass is 10.1. The second-order valence-corrected chi connectivity index (χ2v) is 4.67. The Hall–Kier alpha value is -1.23. The molecular weight excluding hydrogens is 216 g/mol. The van der Waals surface area contributed by atoms with Gasteiger partial charge >= 0.3 is 0 Å². The zero-order chi connectivity index (χ0) is 12.3. The van der Waals surface area contributed by atoms with E-state index in [9.17, 15) is 4.79 Å². The number of hydrogen-bond acceptors (Lipinski definition) is 4. The molecule has 0 aliphatic carbocycles. The molecule has 0 saturated carbocycles. The monoisotopic (exact) mass is 236 g/mol. The average Bonchev–Trinajstić information content (AvgIpc) is 2.62. The highest BCUT2D eigenvalue weighted by atomic mass is 16.1. The zero-order valence-corrected chi connectivity index (χ0v) is 10.6. The number of rotatable bonds is 4. The number of likely N-dealkylation sites (tertiary alicyclic amines) is 1. The van der Waals surface area contributed by atoms with Crippen LogP contribution in [-0.2, 0) is 17.9 Å². The number of hydrogen-bond donors (Lipinski definition) is 0. The molecule has 5 heteroatoms. The van der Waals surface area contributed by atoms with Gasteiger partial charge in [-0.1, -0.05) is 6.92 Å². The molecule has 2 rings (SSSR count). The number of Topliss-reactive ketones (excluding diaryl/α,β-unsaturated/α-hetero) is 1. The lowest BCUT2D eigenvalue weighted by Crippen LogP contribution is -2.35. The molecule has 5 nitrogen and oxygen atoms in total. The molecule has 0 unspecified atom stereocenters.